The molecule has 1 fully saturated rings. The standard InChI is InChI=1S/C34H40N2O6S2/c1-4-5-23-44(38,39)42-30-17-18-31-32(24-30)43-34(26-9-13-28(40-3)14-10-26)33(31)36(25(2)37)27-11-15-29(16-12-27)41-22-21-35-19-7-6-8-20-35/h9-18,24H,4-8,19-23H2,1-3H3. The summed E-state index contributed by atoms with van der Waals surface area (Å²) in [6, 6.07) is 20.5. The molecule has 0 saturated carbocycles. The monoisotopic (exact) mass is 636 g/mol. The first-order valence-electron chi connectivity index (χ1n) is 15.2. The van der Waals surface area contributed by atoms with Gasteiger partial charge in [-0.3, -0.25) is 14.6 Å². The normalized spacial score (nSPS) is 14.0. The lowest BCUT2D eigenvalue weighted by atomic mass is 10.1. The highest BCUT2D eigenvalue weighted by molar-refractivity contribution is 7.87. The number of piperidine rings is 1. The first-order chi connectivity index (χ1) is 21.3. The van der Waals surface area contributed by atoms with E-state index in [4.69, 9.17) is 13.7 Å². The Hall–Kier alpha value is -3.60. The summed E-state index contributed by atoms with van der Waals surface area (Å²) in [7, 11) is -2.09. The highest BCUT2D eigenvalue weighted by Gasteiger charge is 2.25. The predicted octanol–water partition coefficient (Wildman–Crippen LogP) is 7.63. The summed E-state index contributed by atoms with van der Waals surface area (Å²) in [5.41, 5.74) is 2.34. The van der Waals surface area contributed by atoms with Crippen LogP contribution in [0, 0.1) is 0 Å². The second-order valence-corrected chi connectivity index (χ2v) is 13.7. The van der Waals surface area contributed by atoms with Gasteiger partial charge in [0.15, 0.2) is 0 Å². The van der Waals surface area contributed by atoms with Gasteiger partial charge >= 0.3 is 10.1 Å². The van der Waals surface area contributed by atoms with E-state index in [0.29, 0.717) is 18.7 Å². The molecule has 0 atom stereocenters. The number of hydrogen-bond donors (Lipinski definition) is 0. The Kier molecular flexibility index (Phi) is 10.5. The van der Waals surface area contributed by atoms with Crippen LogP contribution >= 0.6 is 11.3 Å². The molecule has 0 aliphatic carbocycles. The van der Waals surface area contributed by atoms with Gasteiger partial charge in [0.1, 0.15) is 23.9 Å². The summed E-state index contributed by atoms with van der Waals surface area (Å²) in [5.74, 6) is 1.54. The van der Waals surface area contributed by atoms with Gasteiger partial charge in [0.2, 0.25) is 5.91 Å². The van der Waals surface area contributed by atoms with E-state index in [0.717, 1.165) is 63.8 Å². The van der Waals surface area contributed by atoms with Crippen LogP contribution in [-0.2, 0) is 14.9 Å². The second kappa shape index (κ2) is 14.5. The Morgan fingerprint density at radius 3 is 2.27 bits per heavy atom. The SMILES string of the molecule is CCCCS(=O)(=O)Oc1ccc2c(N(C(C)=O)c3ccc(OCCN4CCCCC4)cc3)c(-c3ccc(OC)cc3)sc2c1. The molecule has 3 aromatic carbocycles. The molecule has 44 heavy (non-hydrogen) atoms. The van der Waals surface area contributed by atoms with Gasteiger partial charge in [-0.1, -0.05) is 19.8 Å². The van der Waals surface area contributed by atoms with Crippen molar-refractivity contribution in [2.24, 2.45) is 0 Å². The Labute approximate surface area is 264 Å². The molecule has 1 amide bonds. The Bertz CT molecular complexity index is 1660. The van der Waals surface area contributed by atoms with Crippen molar-refractivity contribution in [1.82, 2.24) is 4.90 Å². The van der Waals surface area contributed by atoms with Crippen molar-refractivity contribution in [3.05, 3.63) is 66.7 Å². The number of rotatable bonds is 13. The molecule has 0 N–H and O–H groups in total. The van der Waals surface area contributed by atoms with Crippen LogP contribution in [0.15, 0.2) is 66.7 Å². The van der Waals surface area contributed by atoms with Gasteiger partial charge in [-0.05, 0) is 105 Å². The largest absolute Gasteiger partial charge is 0.497 e. The molecule has 0 spiro atoms. The van der Waals surface area contributed by atoms with Gasteiger partial charge in [-0.2, -0.15) is 8.42 Å². The molecule has 1 aliphatic rings. The number of methoxy groups -OCH3 is 1. The summed E-state index contributed by atoms with van der Waals surface area (Å²) in [6.45, 7) is 7.26. The molecule has 1 saturated heterocycles. The third kappa shape index (κ3) is 7.72. The number of hydrogen-bond acceptors (Lipinski definition) is 8. The lowest BCUT2D eigenvalue weighted by Gasteiger charge is -2.26. The first-order valence-corrected chi connectivity index (χ1v) is 17.6. The molecule has 4 aromatic rings. The number of fused-ring (bicyclic) bond motifs is 1. The summed E-state index contributed by atoms with van der Waals surface area (Å²) in [5, 5.41) is 0.816. The van der Waals surface area contributed by atoms with Gasteiger partial charge < -0.3 is 13.7 Å². The van der Waals surface area contributed by atoms with E-state index in [1.165, 1.54) is 30.6 Å². The molecule has 0 radical (unpaired) electrons. The number of carbonyl (C=O) groups is 1. The maximum absolute atomic E-state index is 13.3. The number of anilines is 2. The maximum atomic E-state index is 13.3. The van der Waals surface area contributed by atoms with Crippen molar-refractivity contribution < 1.29 is 26.9 Å². The van der Waals surface area contributed by atoms with E-state index in [-0.39, 0.29) is 17.4 Å². The zero-order valence-corrected chi connectivity index (χ0v) is 27.2. The van der Waals surface area contributed by atoms with Crippen molar-refractivity contribution in [1.29, 1.82) is 0 Å². The number of nitrogens with zero attached hydrogens (tertiary/aromatic N) is 2. The molecular formula is C34H40N2O6S2. The van der Waals surface area contributed by atoms with Crippen molar-refractivity contribution in [2.45, 2.75) is 46.0 Å². The van der Waals surface area contributed by atoms with E-state index in [1.807, 2.05) is 61.5 Å². The van der Waals surface area contributed by atoms with Crippen LogP contribution < -0.4 is 18.6 Å². The first kappa shape index (κ1) is 31.8. The van der Waals surface area contributed by atoms with Crippen molar-refractivity contribution in [3.8, 4) is 27.7 Å². The zero-order chi connectivity index (χ0) is 31.1. The lowest BCUT2D eigenvalue weighted by Crippen LogP contribution is -2.33. The van der Waals surface area contributed by atoms with Crippen molar-refractivity contribution in [2.75, 3.05) is 44.0 Å². The van der Waals surface area contributed by atoms with Crippen LogP contribution in [0.3, 0.4) is 0 Å². The third-order valence-corrected chi connectivity index (χ3v) is 10.1. The number of carbonyl (C=O) groups excluding carboxylic acids is 1. The topological polar surface area (TPSA) is 85.4 Å². The molecular weight excluding hydrogens is 597 g/mol. The third-order valence-electron chi connectivity index (χ3n) is 7.72. The molecule has 1 aromatic heterocycles. The number of ether oxygens (including phenoxy) is 2. The highest BCUT2D eigenvalue weighted by atomic mass is 32.2. The van der Waals surface area contributed by atoms with E-state index in [2.05, 4.69) is 4.90 Å². The quantitative estimate of drug-likeness (QED) is 0.140. The van der Waals surface area contributed by atoms with Gasteiger partial charge in [0, 0.05) is 29.2 Å². The zero-order valence-electron chi connectivity index (χ0n) is 25.6. The molecule has 0 unspecified atom stereocenters. The Balaban J connectivity index is 1.48. The number of unbranched alkanes of at least 4 members (excludes halogenated alkanes) is 1. The van der Waals surface area contributed by atoms with Crippen molar-refractivity contribution in [3.63, 3.8) is 0 Å². The minimum Gasteiger partial charge on any atom is -0.497 e. The van der Waals surface area contributed by atoms with E-state index in [1.54, 1.807) is 31.1 Å². The molecule has 0 bridgehead atoms. The molecule has 2 heterocycles. The van der Waals surface area contributed by atoms with Crippen LogP contribution in [-0.4, -0.2) is 58.3 Å². The predicted molar refractivity (Wildman–Crippen MR) is 178 cm³/mol. The van der Waals surface area contributed by atoms with Crippen LogP contribution in [0.25, 0.3) is 20.5 Å². The summed E-state index contributed by atoms with van der Waals surface area (Å²) < 4.78 is 42.7. The van der Waals surface area contributed by atoms with E-state index < -0.39 is 10.1 Å². The minimum absolute atomic E-state index is 0.0373. The van der Waals surface area contributed by atoms with Crippen molar-refractivity contribution >= 4 is 48.8 Å². The van der Waals surface area contributed by atoms with Gasteiger partial charge in [-0.15, -0.1) is 11.3 Å². The van der Waals surface area contributed by atoms with Crippen LogP contribution in [0.1, 0.15) is 46.0 Å². The minimum atomic E-state index is -3.71. The van der Waals surface area contributed by atoms with Gasteiger partial charge in [0.25, 0.3) is 0 Å². The smallest absolute Gasteiger partial charge is 0.309 e. The summed E-state index contributed by atoms with van der Waals surface area (Å²) >= 11 is 1.48. The Morgan fingerprint density at radius 2 is 1.61 bits per heavy atom. The fourth-order valence-corrected chi connectivity index (χ4v) is 7.76. The molecule has 8 nitrogen and oxygen atoms in total. The fourth-order valence-electron chi connectivity index (χ4n) is 5.42. The second-order valence-electron chi connectivity index (χ2n) is 11.0. The number of thiophene rings is 1. The van der Waals surface area contributed by atoms with Crippen LogP contribution in [0.2, 0.25) is 0 Å². The van der Waals surface area contributed by atoms with Gasteiger partial charge in [-0.25, -0.2) is 0 Å². The molecule has 234 valence electrons. The number of benzene rings is 3. The van der Waals surface area contributed by atoms with Crippen LogP contribution in [0.5, 0.6) is 17.2 Å². The van der Waals surface area contributed by atoms with Gasteiger partial charge in [0.05, 0.1) is 23.4 Å². The maximum Gasteiger partial charge on any atom is 0.309 e. The number of amides is 1. The molecule has 5 rings (SSSR count). The lowest BCUT2D eigenvalue weighted by molar-refractivity contribution is -0.115. The van der Waals surface area contributed by atoms with Crippen LogP contribution in [0.4, 0.5) is 11.4 Å². The summed E-state index contributed by atoms with van der Waals surface area (Å²) in [6.07, 6.45) is 5.09. The number of likely N-dealkylation sites (tertiary alicyclic amines) is 1. The average Bonchev–Trinajstić information content (AvgIpc) is 3.39. The van der Waals surface area contributed by atoms with E-state index >= 15 is 0 Å². The fraction of sp³-hybridized carbons (Fsp3) is 0.382. The Morgan fingerprint density at radius 1 is 0.932 bits per heavy atom. The summed E-state index contributed by atoms with van der Waals surface area (Å²) in [4.78, 5) is 18.3. The highest BCUT2D eigenvalue weighted by Crippen LogP contribution is 2.48. The van der Waals surface area contributed by atoms with E-state index in [9.17, 15) is 13.2 Å². The average molecular weight is 637 g/mol. The molecule has 10 heteroatoms. The molecule has 1 aliphatic heterocycles.